The highest BCUT2D eigenvalue weighted by atomic mass is 19.1. The molecule has 0 amide bonds. The van der Waals surface area contributed by atoms with Gasteiger partial charge in [-0.15, -0.1) is 0 Å². The molecule has 0 saturated carbocycles. The summed E-state index contributed by atoms with van der Waals surface area (Å²) >= 11 is 0. The van der Waals surface area contributed by atoms with E-state index in [1.807, 2.05) is 12.1 Å². The van der Waals surface area contributed by atoms with Gasteiger partial charge in [-0.3, -0.25) is 4.90 Å². The second-order valence-electron chi connectivity index (χ2n) is 6.00. The Bertz CT molecular complexity index is 559. The third kappa shape index (κ3) is 3.92. The maximum Gasteiger partial charge on any atom is 0.126 e. The van der Waals surface area contributed by atoms with Gasteiger partial charge in [0.15, 0.2) is 0 Å². The maximum atomic E-state index is 13.7. The van der Waals surface area contributed by atoms with Gasteiger partial charge >= 0.3 is 0 Å². The van der Waals surface area contributed by atoms with Gasteiger partial charge in [0.2, 0.25) is 0 Å². The molecule has 0 N–H and O–H groups in total. The molecule has 2 aromatic carbocycles. The minimum absolute atomic E-state index is 0.0517. The van der Waals surface area contributed by atoms with E-state index >= 15 is 0 Å². The van der Waals surface area contributed by atoms with Crippen LogP contribution in [-0.2, 0) is 13.0 Å². The smallest absolute Gasteiger partial charge is 0.126 e. The first kappa shape index (κ1) is 14.3. The Morgan fingerprint density at radius 2 is 1.57 bits per heavy atom. The van der Waals surface area contributed by atoms with Gasteiger partial charge in [0.1, 0.15) is 5.82 Å². The summed E-state index contributed by atoms with van der Waals surface area (Å²) in [5, 5.41) is 0. The first-order valence-electron chi connectivity index (χ1n) is 7.81. The molecule has 0 bridgehead atoms. The molecule has 2 aromatic rings. The molecule has 21 heavy (non-hydrogen) atoms. The second kappa shape index (κ2) is 6.86. The third-order valence-corrected chi connectivity index (χ3v) is 4.42. The van der Waals surface area contributed by atoms with E-state index in [0.717, 1.165) is 31.6 Å². The summed E-state index contributed by atoms with van der Waals surface area (Å²) in [4.78, 5) is 2.51. The van der Waals surface area contributed by atoms with Crippen molar-refractivity contribution < 1.29 is 4.39 Å². The summed E-state index contributed by atoms with van der Waals surface area (Å²) in [6.07, 6.45) is 3.22. The minimum atomic E-state index is -0.0517. The van der Waals surface area contributed by atoms with Gasteiger partial charge < -0.3 is 0 Å². The fraction of sp³-hybridized carbons (Fsp3) is 0.368. The van der Waals surface area contributed by atoms with Crippen molar-refractivity contribution in [1.29, 1.82) is 0 Å². The second-order valence-corrected chi connectivity index (χ2v) is 6.00. The van der Waals surface area contributed by atoms with Crippen LogP contribution in [0.15, 0.2) is 54.6 Å². The van der Waals surface area contributed by atoms with Crippen molar-refractivity contribution in [2.24, 2.45) is 5.92 Å². The van der Waals surface area contributed by atoms with Crippen LogP contribution in [0.1, 0.15) is 24.0 Å². The van der Waals surface area contributed by atoms with Crippen molar-refractivity contribution >= 4 is 0 Å². The molecule has 1 nitrogen and oxygen atoms in total. The predicted molar refractivity (Wildman–Crippen MR) is 84.5 cm³/mol. The summed E-state index contributed by atoms with van der Waals surface area (Å²) in [7, 11) is 0. The van der Waals surface area contributed by atoms with Gasteiger partial charge in [-0.25, -0.2) is 4.39 Å². The molecular formula is C19H22FN. The molecule has 1 fully saturated rings. The van der Waals surface area contributed by atoms with Gasteiger partial charge in [-0.05, 0) is 55.5 Å². The van der Waals surface area contributed by atoms with Crippen LogP contribution in [0, 0.1) is 11.7 Å². The Morgan fingerprint density at radius 3 is 2.29 bits per heavy atom. The summed E-state index contributed by atoms with van der Waals surface area (Å²) in [6, 6.07) is 17.8. The van der Waals surface area contributed by atoms with Crippen LogP contribution in [0.2, 0.25) is 0 Å². The van der Waals surface area contributed by atoms with E-state index < -0.39 is 0 Å². The Kier molecular flexibility index (Phi) is 4.66. The van der Waals surface area contributed by atoms with Crippen LogP contribution in [0.4, 0.5) is 4.39 Å². The predicted octanol–water partition coefficient (Wildman–Crippen LogP) is 4.28. The Balaban J connectivity index is 1.50. The van der Waals surface area contributed by atoms with Crippen LogP contribution in [0.5, 0.6) is 0 Å². The average Bonchev–Trinajstić information content (AvgIpc) is 2.52. The SMILES string of the molecule is Fc1ccccc1CC1CCN(Cc2ccccc2)CC1. The summed E-state index contributed by atoms with van der Waals surface area (Å²) in [5.74, 6) is 0.568. The molecule has 0 unspecified atom stereocenters. The standard InChI is InChI=1S/C19H22FN/c20-19-9-5-4-8-18(19)14-16-10-12-21(13-11-16)15-17-6-2-1-3-7-17/h1-9,16H,10-15H2. The third-order valence-electron chi connectivity index (χ3n) is 4.42. The van der Waals surface area contributed by atoms with Gasteiger partial charge in [0.25, 0.3) is 0 Å². The number of nitrogens with zero attached hydrogens (tertiary/aromatic N) is 1. The molecule has 0 spiro atoms. The van der Waals surface area contributed by atoms with E-state index in [2.05, 4.69) is 35.2 Å². The van der Waals surface area contributed by atoms with Gasteiger partial charge in [0, 0.05) is 6.54 Å². The molecule has 0 radical (unpaired) electrons. The zero-order valence-electron chi connectivity index (χ0n) is 12.3. The van der Waals surface area contributed by atoms with Gasteiger partial charge in [0.05, 0.1) is 0 Å². The topological polar surface area (TPSA) is 3.24 Å². The molecule has 0 aliphatic carbocycles. The Morgan fingerprint density at radius 1 is 0.905 bits per heavy atom. The molecule has 0 aromatic heterocycles. The minimum Gasteiger partial charge on any atom is -0.299 e. The number of benzene rings is 2. The number of likely N-dealkylation sites (tertiary alicyclic amines) is 1. The lowest BCUT2D eigenvalue weighted by Gasteiger charge is -2.32. The first-order chi connectivity index (χ1) is 10.3. The van der Waals surface area contributed by atoms with E-state index in [0.29, 0.717) is 5.92 Å². The molecule has 1 aliphatic heterocycles. The highest BCUT2D eigenvalue weighted by Gasteiger charge is 2.20. The Labute approximate surface area is 126 Å². The number of halogens is 1. The Hall–Kier alpha value is -1.67. The van der Waals surface area contributed by atoms with Crippen molar-refractivity contribution in [3.05, 3.63) is 71.5 Å². The van der Waals surface area contributed by atoms with E-state index in [-0.39, 0.29) is 5.82 Å². The average molecular weight is 283 g/mol. The van der Waals surface area contributed by atoms with Crippen LogP contribution >= 0.6 is 0 Å². The zero-order valence-corrected chi connectivity index (χ0v) is 12.3. The molecule has 1 heterocycles. The lowest BCUT2D eigenvalue weighted by Crippen LogP contribution is -2.33. The van der Waals surface area contributed by atoms with Gasteiger partial charge in [-0.2, -0.15) is 0 Å². The molecule has 1 aliphatic rings. The zero-order chi connectivity index (χ0) is 14.5. The largest absolute Gasteiger partial charge is 0.299 e. The monoisotopic (exact) mass is 283 g/mol. The van der Waals surface area contributed by atoms with E-state index in [1.54, 1.807) is 12.1 Å². The first-order valence-corrected chi connectivity index (χ1v) is 7.81. The van der Waals surface area contributed by atoms with E-state index in [1.165, 1.54) is 18.4 Å². The number of hydrogen-bond acceptors (Lipinski definition) is 1. The summed E-state index contributed by atoms with van der Waals surface area (Å²) in [5.41, 5.74) is 2.25. The molecular weight excluding hydrogens is 261 g/mol. The maximum absolute atomic E-state index is 13.7. The van der Waals surface area contributed by atoms with Crippen LogP contribution in [0.3, 0.4) is 0 Å². The number of rotatable bonds is 4. The van der Waals surface area contributed by atoms with Crippen LogP contribution < -0.4 is 0 Å². The van der Waals surface area contributed by atoms with Crippen molar-refractivity contribution in [3.8, 4) is 0 Å². The number of piperidine rings is 1. The van der Waals surface area contributed by atoms with Gasteiger partial charge in [-0.1, -0.05) is 48.5 Å². The lowest BCUT2D eigenvalue weighted by atomic mass is 9.90. The van der Waals surface area contributed by atoms with Crippen molar-refractivity contribution in [2.45, 2.75) is 25.8 Å². The molecule has 0 atom stereocenters. The van der Waals surface area contributed by atoms with Crippen molar-refractivity contribution in [1.82, 2.24) is 4.90 Å². The van der Waals surface area contributed by atoms with Crippen molar-refractivity contribution in [2.75, 3.05) is 13.1 Å². The highest BCUT2D eigenvalue weighted by Crippen LogP contribution is 2.23. The van der Waals surface area contributed by atoms with Crippen LogP contribution in [-0.4, -0.2) is 18.0 Å². The van der Waals surface area contributed by atoms with E-state index in [4.69, 9.17) is 0 Å². The number of hydrogen-bond donors (Lipinski definition) is 0. The summed E-state index contributed by atoms with van der Waals surface area (Å²) in [6.45, 7) is 3.27. The van der Waals surface area contributed by atoms with Crippen LogP contribution in [0.25, 0.3) is 0 Å². The quantitative estimate of drug-likeness (QED) is 0.809. The molecule has 2 heteroatoms. The fourth-order valence-corrected chi connectivity index (χ4v) is 3.17. The molecule has 1 saturated heterocycles. The fourth-order valence-electron chi connectivity index (χ4n) is 3.17. The van der Waals surface area contributed by atoms with E-state index in [9.17, 15) is 4.39 Å². The summed E-state index contributed by atoms with van der Waals surface area (Å²) < 4.78 is 13.7. The van der Waals surface area contributed by atoms with Crippen molar-refractivity contribution in [3.63, 3.8) is 0 Å². The molecule has 110 valence electrons. The molecule has 3 rings (SSSR count). The normalized spacial score (nSPS) is 17.0. The lowest BCUT2D eigenvalue weighted by molar-refractivity contribution is 0.176. The highest BCUT2D eigenvalue weighted by molar-refractivity contribution is 5.18.